The highest BCUT2D eigenvalue weighted by Crippen LogP contribution is 2.30. The first-order chi connectivity index (χ1) is 11.5. The first-order valence-electron chi connectivity index (χ1n) is 8.72. The molecule has 0 N–H and O–H groups in total. The summed E-state index contributed by atoms with van der Waals surface area (Å²) in [4.78, 5) is 1.27. The molecule has 6 heteroatoms. The Kier molecular flexibility index (Phi) is 9.08. The van der Waals surface area contributed by atoms with Gasteiger partial charge in [-0.05, 0) is 12.8 Å². The molecule has 24 heavy (non-hydrogen) atoms. The van der Waals surface area contributed by atoms with Crippen LogP contribution >= 0.6 is 0 Å². The molecule has 0 aliphatic rings. The number of rotatable bonds is 11. The minimum absolute atomic E-state index is 0.244. The molecule has 0 atom stereocenters. The van der Waals surface area contributed by atoms with E-state index in [-0.39, 0.29) is 13.1 Å². The molecular formula is C18H26F5N. The lowest BCUT2D eigenvalue weighted by Gasteiger charge is -2.25. The number of hydrogen-bond donors (Lipinski definition) is 0. The van der Waals surface area contributed by atoms with Crippen LogP contribution in [0, 0.1) is 29.1 Å². The Hall–Kier alpha value is -1.33. The van der Waals surface area contributed by atoms with Gasteiger partial charge in [0.05, 0.1) is 0 Å². The second kappa shape index (κ2) is 10.5. The molecule has 0 fully saturated rings. The van der Waals surface area contributed by atoms with Crippen molar-refractivity contribution in [2.75, 3.05) is 18.0 Å². The summed E-state index contributed by atoms with van der Waals surface area (Å²) >= 11 is 0. The van der Waals surface area contributed by atoms with Crippen molar-refractivity contribution in [3.63, 3.8) is 0 Å². The fraction of sp³-hybridized carbons (Fsp3) is 0.667. The highest BCUT2D eigenvalue weighted by atomic mass is 19.2. The molecule has 0 aliphatic carbocycles. The maximum atomic E-state index is 13.9. The molecule has 0 spiro atoms. The summed E-state index contributed by atoms with van der Waals surface area (Å²) in [5.41, 5.74) is -0.806. The Labute approximate surface area is 140 Å². The van der Waals surface area contributed by atoms with E-state index in [2.05, 4.69) is 6.92 Å². The lowest BCUT2D eigenvalue weighted by molar-refractivity contribution is 0.377. The topological polar surface area (TPSA) is 3.24 Å². The Balaban J connectivity index is 2.75. The van der Waals surface area contributed by atoms with Gasteiger partial charge in [-0.25, -0.2) is 22.0 Å². The quantitative estimate of drug-likeness (QED) is 0.194. The van der Waals surface area contributed by atoms with Gasteiger partial charge in [0.2, 0.25) is 5.82 Å². The van der Waals surface area contributed by atoms with Gasteiger partial charge in [-0.1, -0.05) is 52.4 Å². The molecule has 0 aromatic heterocycles. The van der Waals surface area contributed by atoms with Crippen LogP contribution in [0.1, 0.15) is 65.2 Å². The molecule has 1 aromatic rings. The van der Waals surface area contributed by atoms with Gasteiger partial charge in [-0.3, -0.25) is 0 Å². The predicted octanol–water partition coefficient (Wildman–Crippen LogP) is 6.35. The van der Waals surface area contributed by atoms with Crippen LogP contribution in [0.25, 0.3) is 0 Å². The number of halogens is 5. The molecule has 0 radical (unpaired) electrons. The van der Waals surface area contributed by atoms with Crippen LogP contribution in [0.5, 0.6) is 0 Å². The highest BCUT2D eigenvalue weighted by molar-refractivity contribution is 5.50. The van der Waals surface area contributed by atoms with E-state index in [0.717, 1.165) is 32.1 Å². The normalized spacial score (nSPS) is 11.1. The predicted molar refractivity (Wildman–Crippen MR) is 86.7 cm³/mol. The van der Waals surface area contributed by atoms with E-state index in [9.17, 15) is 22.0 Å². The smallest absolute Gasteiger partial charge is 0.200 e. The summed E-state index contributed by atoms with van der Waals surface area (Å²) in [6, 6.07) is 0. The minimum Gasteiger partial charge on any atom is -0.367 e. The third kappa shape index (κ3) is 5.35. The zero-order valence-corrected chi connectivity index (χ0v) is 14.4. The van der Waals surface area contributed by atoms with Crippen molar-refractivity contribution < 1.29 is 22.0 Å². The molecule has 0 unspecified atom stereocenters. The fourth-order valence-electron chi connectivity index (χ4n) is 2.74. The minimum atomic E-state index is -2.11. The maximum Gasteiger partial charge on any atom is 0.200 e. The van der Waals surface area contributed by atoms with Gasteiger partial charge < -0.3 is 4.90 Å². The molecule has 0 saturated heterocycles. The molecule has 0 heterocycles. The van der Waals surface area contributed by atoms with Crippen LogP contribution in [0.3, 0.4) is 0 Å². The van der Waals surface area contributed by atoms with Gasteiger partial charge in [0, 0.05) is 13.1 Å². The van der Waals surface area contributed by atoms with E-state index in [4.69, 9.17) is 0 Å². The summed E-state index contributed by atoms with van der Waals surface area (Å²) in [6.07, 6.45) is 7.70. The molecule has 1 rings (SSSR count). The average Bonchev–Trinajstić information content (AvgIpc) is 2.57. The molecule has 1 nitrogen and oxygen atoms in total. The Bertz CT molecular complexity index is 490. The second-order valence-electron chi connectivity index (χ2n) is 6.03. The Morgan fingerprint density at radius 3 is 1.50 bits per heavy atom. The van der Waals surface area contributed by atoms with Gasteiger partial charge in [0.25, 0.3) is 0 Å². The van der Waals surface area contributed by atoms with Crippen molar-refractivity contribution in [2.24, 2.45) is 0 Å². The van der Waals surface area contributed by atoms with Crippen molar-refractivity contribution in [2.45, 2.75) is 65.2 Å². The van der Waals surface area contributed by atoms with Crippen LogP contribution < -0.4 is 4.90 Å². The van der Waals surface area contributed by atoms with Gasteiger partial charge in [-0.15, -0.1) is 0 Å². The van der Waals surface area contributed by atoms with Gasteiger partial charge in [-0.2, -0.15) is 0 Å². The third-order valence-electron chi connectivity index (χ3n) is 4.03. The molecule has 1 aromatic carbocycles. The van der Waals surface area contributed by atoms with Crippen molar-refractivity contribution >= 4 is 5.69 Å². The number of hydrogen-bond acceptors (Lipinski definition) is 1. The summed E-state index contributed by atoms with van der Waals surface area (Å²) in [7, 11) is 0. The van der Waals surface area contributed by atoms with Crippen LogP contribution in [0.4, 0.5) is 27.6 Å². The van der Waals surface area contributed by atoms with Gasteiger partial charge >= 0.3 is 0 Å². The summed E-state index contributed by atoms with van der Waals surface area (Å²) in [5, 5.41) is 0. The number of benzene rings is 1. The first-order valence-corrected chi connectivity index (χ1v) is 8.72. The number of unbranched alkanes of at least 4 members (excludes halogenated alkanes) is 6. The van der Waals surface area contributed by atoms with Crippen molar-refractivity contribution in [1.29, 1.82) is 0 Å². The lowest BCUT2D eigenvalue weighted by Crippen LogP contribution is -2.28. The maximum absolute atomic E-state index is 13.9. The zero-order chi connectivity index (χ0) is 18.1. The van der Waals surface area contributed by atoms with Crippen molar-refractivity contribution in [3.8, 4) is 0 Å². The SMILES string of the molecule is CCCCCCCCCN(CCC)c1c(F)c(F)c(F)c(F)c1F. The summed E-state index contributed by atoms with van der Waals surface area (Å²) < 4.78 is 67.8. The largest absolute Gasteiger partial charge is 0.367 e. The van der Waals surface area contributed by atoms with Crippen LogP contribution in [-0.4, -0.2) is 13.1 Å². The van der Waals surface area contributed by atoms with Crippen LogP contribution in [-0.2, 0) is 0 Å². The van der Waals surface area contributed by atoms with Crippen LogP contribution in [0.2, 0.25) is 0 Å². The van der Waals surface area contributed by atoms with E-state index < -0.39 is 34.8 Å². The molecule has 0 bridgehead atoms. The zero-order valence-electron chi connectivity index (χ0n) is 14.4. The highest BCUT2D eigenvalue weighted by Gasteiger charge is 2.28. The fourth-order valence-corrected chi connectivity index (χ4v) is 2.74. The van der Waals surface area contributed by atoms with E-state index in [0.29, 0.717) is 12.8 Å². The van der Waals surface area contributed by atoms with E-state index in [1.807, 2.05) is 0 Å². The molecular weight excluding hydrogens is 325 g/mol. The summed E-state index contributed by atoms with van der Waals surface area (Å²) in [6.45, 7) is 4.45. The standard InChI is InChI=1S/C18H26F5N/c1-3-5-6-7-8-9-10-12-24(11-4-2)18-16(22)14(20)13(19)15(21)17(18)23/h3-12H2,1-2H3. The average molecular weight is 351 g/mol. The van der Waals surface area contributed by atoms with E-state index in [1.54, 1.807) is 6.92 Å². The monoisotopic (exact) mass is 351 g/mol. The third-order valence-corrected chi connectivity index (χ3v) is 4.03. The van der Waals surface area contributed by atoms with Crippen molar-refractivity contribution in [1.82, 2.24) is 0 Å². The van der Waals surface area contributed by atoms with Crippen molar-refractivity contribution in [3.05, 3.63) is 29.1 Å². The molecule has 0 aliphatic heterocycles. The summed E-state index contributed by atoms with van der Waals surface area (Å²) in [5.74, 6) is -9.37. The van der Waals surface area contributed by atoms with Gasteiger partial charge in [0.1, 0.15) is 5.69 Å². The van der Waals surface area contributed by atoms with Gasteiger partial charge in [0.15, 0.2) is 23.3 Å². The number of anilines is 1. The Morgan fingerprint density at radius 1 is 0.542 bits per heavy atom. The lowest BCUT2D eigenvalue weighted by atomic mass is 10.1. The van der Waals surface area contributed by atoms with E-state index >= 15 is 0 Å². The number of nitrogens with zero attached hydrogens (tertiary/aromatic N) is 1. The Morgan fingerprint density at radius 2 is 1.00 bits per heavy atom. The molecule has 138 valence electrons. The second-order valence-corrected chi connectivity index (χ2v) is 6.03. The molecule has 0 saturated carbocycles. The van der Waals surface area contributed by atoms with E-state index in [1.165, 1.54) is 11.3 Å². The van der Waals surface area contributed by atoms with Crippen LogP contribution in [0.15, 0.2) is 0 Å². The molecule has 0 amide bonds. The first kappa shape index (κ1) is 20.7.